The highest BCUT2D eigenvalue weighted by atomic mass is 32.1. The van der Waals surface area contributed by atoms with Gasteiger partial charge in [0.2, 0.25) is 0 Å². The minimum atomic E-state index is 0.823. The highest BCUT2D eigenvalue weighted by Crippen LogP contribution is 2.17. The Morgan fingerprint density at radius 3 is 2.48 bits per heavy atom. The predicted octanol–water partition coefficient (Wildman–Crippen LogP) is 2.86. The Morgan fingerprint density at radius 2 is 1.88 bits per heavy atom. The first-order valence-electron chi connectivity index (χ1n) is 8.77. The van der Waals surface area contributed by atoms with E-state index < -0.39 is 0 Å². The van der Waals surface area contributed by atoms with Crippen molar-refractivity contribution in [3.05, 3.63) is 46.8 Å². The van der Waals surface area contributed by atoms with Crippen molar-refractivity contribution >= 4 is 23.0 Å². The molecule has 0 unspecified atom stereocenters. The first kappa shape index (κ1) is 17.9. The molecule has 0 aliphatic carbocycles. The highest BCUT2D eigenvalue weighted by molar-refractivity contribution is 7.80. The molecule has 0 saturated carbocycles. The van der Waals surface area contributed by atoms with Crippen molar-refractivity contribution in [2.24, 2.45) is 7.05 Å². The van der Waals surface area contributed by atoms with Crippen molar-refractivity contribution in [3.8, 4) is 0 Å². The average Bonchev–Trinajstić information content (AvgIpc) is 2.88. The summed E-state index contributed by atoms with van der Waals surface area (Å²) < 4.78 is 1.89. The number of rotatable bonds is 3. The van der Waals surface area contributed by atoms with Gasteiger partial charge in [-0.25, -0.2) is 0 Å². The Kier molecular flexibility index (Phi) is 5.39. The third-order valence-electron chi connectivity index (χ3n) is 4.79. The molecule has 0 radical (unpaired) electrons. The fourth-order valence-electron chi connectivity index (χ4n) is 3.30. The summed E-state index contributed by atoms with van der Waals surface area (Å²) >= 11 is 5.62. The maximum atomic E-state index is 5.62. The molecule has 0 spiro atoms. The summed E-state index contributed by atoms with van der Waals surface area (Å²) in [5, 5.41) is 8.66. The lowest BCUT2D eigenvalue weighted by molar-refractivity contribution is 0.176. The molecule has 2 aromatic rings. The lowest BCUT2D eigenvalue weighted by atomic mass is 10.1. The van der Waals surface area contributed by atoms with Gasteiger partial charge in [0.05, 0.1) is 5.69 Å². The Balaban J connectivity index is 1.53. The van der Waals surface area contributed by atoms with Crippen LogP contribution in [0.25, 0.3) is 0 Å². The second kappa shape index (κ2) is 7.54. The van der Waals surface area contributed by atoms with E-state index in [1.165, 1.54) is 16.7 Å². The molecule has 0 bridgehead atoms. The molecule has 1 N–H and O–H groups in total. The number of anilines is 1. The summed E-state index contributed by atoms with van der Waals surface area (Å²) in [5.41, 5.74) is 6.04. The van der Waals surface area contributed by atoms with E-state index in [2.05, 4.69) is 65.4 Å². The molecule has 0 amide bonds. The lowest BCUT2D eigenvalue weighted by Gasteiger charge is -2.36. The van der Waals surface area contributed by atoms with E-state index in [1.54, 1.807) is 0 Å². The van der Waals surface area contributed by atoms with E-state index >= 15 is 0 Å². The van der Waals surface area contributed by atoms with Crippen LogP contribution in [0.15, 0.2) is 24.4 Å². The van der Waals surface area contributed by atoms with E-state index in [1.807, 2.05) is 11.7 Å². The van der Waals surface area contributed by atoms with Gasteiger partial charge >= 0.3 is 0 Å². The number of aryl methyl sites for hydroxylation is 4. The highest BCUT2D eigenvalue weighted by Gasteiger charge is 2.20. The maximum absolute atomic E-state index is 5.62. The largest absolute Gasteiger partial charge is 0.346 e. The van der Waals surface area contributed by atoms with Crippen LogP contribution in [-0.4, -0.2) is 50.9 Å². The van der Waals surface area contributed by atoms with Crippen molar-refractivity contribution in [3.63, 3.8) is 0 Å². The summed E-state index contributed by atoms with van der Waals surface area (Å²) in [5.74, 6) is 0. The molecule has 1 saturated heterocycles. The molecule has 2 heterocycles. The molecule has 1 aromatic heterocycles. The molecule has 1 fully saturated rings. The Labute approximate surface area is 155 Å². The number of nitrogens with zero attached hydrogens (tertiary/aromatic N) is 4. The van der Waals surface area contributed by atoms with Crippen LogP contribution in [0.1, 0.15) is 22.4 Å². The third kappa shape index (κ3) is 4.38. The number of hydrogen-bond donors (Lipinski definition) is 1. The molecule has 134 valence electrons. The second-order valence-corrected chi connectivity index (χ2v) is 7.31. The SMILES string of the molecule is Cc1ccc(NC(=S)N2CCN(Cc3cn(C)nc3C)CC2)c(C)c1. The van der Waals surface area contributed by atoms with Gasteiger partial charge in [0.25, 0.3) is 0 Å². The van der Waals surface area contributed by atoms with Gasteiger partial charge in [-0.15, -0.1) is 0 Å². The lowest BCUT2D eigenvalue weighted by Crippen LogP contribution is -2.49. The molecule has 3 rings (SSSR count). The van der Waals surface area contributed by atoms with E-state index in [4.69, 9.17) is 12.2 Å². The van der Waals surface area contributed by atoms with E-state index in [0.29, 0.717) is 0 Å². The average molecular weight is 358 g/mol. The quantitative estimate of drug-likeness (QED) is 0.855. The van der Waals surface area contributed by atoms with Crippen LogP contribution in [0, 0.1) is 20.8 Å². The Hall–Kier alpha value is -1.92. The number of benzene rings is 1. The first-order valence-corrected chi connectivity index (χ1v) is 9.18. The minimum absolute atomic E-state index is 0.823. The molecule has 25 heavy (non-hydrogen) atoms. The fourth-order valence-corrected chi connectivity index (χ4v) is 3.59. The third-order valence-corrected chi connectivity index (χ3v) is 5.15. The normalized spacial score (nSPS) is 15.4. The van der Waals surface area contributed by atoms with Crippen LogP contribution in [0.3, 0.4) is 0 Å². The van der Waals surface area contributed by atoms with Crippen LogP contribution in [0.2, 0.25) is 0 Å². The van der Waals surface area contributed by atoms with Crippen LogP contribution in [0.4, 0.5) is 5.69 Å². The van der Waals surface area contributed by atoms with Crippen molar-refractivity contribution in [2.45, 2.75) is 27.3 Å². The minimum Gasteiger partial charge on any atom is -0.346 e. The monoisotopic (exact) mass is 357 g/mol. The van der Waals surface area contributed by atoms with Gasteiger partial charge in [-0.2, -0.15) is 5.10 Å². The number of aromatic nitrogens is 2. The summed E-state index contributed by atoms with van der Waals surface area (Å²) in [6.07, 6.45) is 2.12. The predicted molar refractivity (Wildman–Crippen MR) is 107 cm³/mol. The maximum Gasteiger partial charge on any atom is 0.173 e. The zero-order chi connectivity index (χ0) is 18.0. The second-order valence-electron chi connectivity index (χ2n) is 6.93. The standard InChI is InChI=1S/C19H27N5S/c1-14-5-6-18(15(2)11-14)20-19(25)24-9-7-23(8-10-24)13-17-12-22(4)21-16(17)3/h5-6,11-12H,7-10,13H2,1-4H3,(H,20,25). The van der Waals surface area contributed by atoms with Gasteiger partial charge in [-0.1, -0.05) is 17.7 Å². The van der Waals surface area contributed by atoms with Gasteiger partial charge in [-0.3, -0.25) is 9.58 Å². The molecular weight excluding hydrogens is 330 g/mol. The molecule has 1 aliphatic heterocycles. The van der Waals surface area contributed by atoms with E-state index in [0.717, 1.165) is 49.2 Å². The van der Waals surface area contributed by atoms with E-state index in [9.17, 15) is 0 Å². The molecule has 5 nitrogen and oxygen atoms in total. The van der Waals surface area contributed by atoms with Crippen molar-refractivity contribution in [2.75, 3.05) is 31.5 Å². The van der Waals surface area contributed by atoms with E-state index in [-0.39, 0.29) is 0 Å². The van der Waals surface area contributed by atoms with Gasteiger partial charge < -0.3 is 10.2 Å². The summed E-state index contributed by atoms with van der Waals surface area (Å²) in [6, 6.07) is 6.41. The molecule has 0 atom stereocenters. The molecular formula is C19H27N5S. The molecule has 1 aliphatic rings. The van der Waals surface area contributed by atoms with Gasteiger partial charge in [-0.05, 0) is 44.6 Å². The molecule has 1 aromatic carbocycles. The summed E-state index contributed by atoms with van der Waals surface area (Å²) in [6.45, 7) is 11.2. The first-order chi connectivity index (χ1) is 11.9. The van der Waals surface area contributed by atoms with Gasteiger partial charge in [0.15, 0.2) is 5.11 Å². The topological polar surface area (TPSA) is 36.3 Å². The smallest absolute Gasteiger partial charge is 0.173 e. The van der Waals surface area contributed by atoms with Crippen molar-refractivity contribution in [1.29, 1.82) is 0 Å². The fraction of sp³-hybridized carbons (Fsp3) is 0.474. The van der Waals surface area contributed by atoms with Gasteiger partial charge in [0, 0.05) is 57.2 Å². The van der Waals surface area contributed by atoms with Crippen LogP contribution in [-0.2, 0) is 13.6 Å². The van der Waals surface area contributed by atoms with Gasteiger partial charge in [0.1, 0.15) is 0 Å². The molecule has 6 heteroatoms. The number of nitrogens with one attached hydrogen (secondary N) is 1. The zero-order valence-corrected chi connectivity index (χ0v) is 16.4. The number of piperazine rings is 1. The van der Waals surface area contributed by atoms with Crippen LogP contribution >= 0.6 is 12.2 Å². The Bertz CT molecular complexity index is 759. The van der Waals surface area contributed by atoms with Crippen molar-refractivity contribution in [1.82, 2.24) is 19.6 Å². The number of thiocarbonyl (C=S) groups is 1. The van der Waals surface area contributed by atoms with Crippen LogP contribution < -0.4 is 5.32 Å². The summed E-state index contributed by atoms with van der Waals surface area (Å²) in [7, 11) is 1.98. The number of hydrogen-bond acceptors (Lipinski definition) is 3. The zero-order valence-electron chi connectivity index (χ0n) is 15.5. The summed E-state index contributed by atoms with van der Waals surface area (Å²) in [4.78, 5) is 4.74. The van der Waals surface area contributed by atoms with Crippen LogP contribution in [0.5, 0.6) is 0 Å². The van der Waals surface area contributed by atoms with Crippen molar-refractivity contribution < 1.29 is 0 Å². The Morgan fingerprint density at radius 1 is 1.16 bits per heavy atom.